The number of carboxylic acid groups (broad SMARTS) is 1. The molecule has 1 rings (SSSR count). The number of hydrogen-bond donors (Lipinski definition) is 2. The number of carboxylic acids is 1. The molecule has 0 saturated carbocycles. The van der Waals surface area contributed by atoms with Crippen LogP contribution in [0.15, 0.2) is 12.1 Å². The largest absolute Gasteiger partial charge is 0.477 e. The van der Waals surface area contributed by atoms with Gasteiger partial charge in [0.25, 0.3) is 0 Å². The summed E-state index contributed by atoms with van der Waals surface area (Å²) in [4.78, 5) is 14.6. The summed E-state index contributed by atoms with van der Waals surface area (Å²) in [7, 11) is 0. The third-order valence-corrected chi connectivity index (χ3v) is 3.97. The molecule has 5 heteroatoms. The highest BCUT2D eigenvalue weighted by molar-refractivity contribution is 7.13. The first-order valence-electron chi connectivity index (χ1n) is 6.42. The molecule has 0 radical (unpaired) electrons. The number of nitrogens with zero attached hydrogens (tertiary/aromatic N) is 1. The number of aromatic carboxylic acids is 1. The fourth-order valence-electron chi connectivity index (χ4n) is 1.77. The van der Waals surface area contributed by atoms with Crippen LogP contribution in [0.5, 0.6) is 0 Å². The van der Waals surface area contributed by atoms with Gasteiger partial charge in [0.05, 0.1) is 0 Å². The van der Waals surface area contributed by atoms with E-state index in [1.54, 1.807) is 6.07 Å². The number of carbonyl (C=O) groups is 1. The molecule has 0 atom stereocenters. The van der Waals surface area contributed by atoms with Crippen molar-refractivity contribution in [3.63, 3.8) is 0 Å². The van der Waals surface area contributed by atoms with E-state index in [-0.39, 0.29) is 0 Å². The van der Waals surface area contributed by atoms with Crippen molar-refractivity contribution in [1.29, 1.82) is 0 Å². The Balaban J connectivity index is 2.15. The van der Waals surface area contributed by atoms with Crippen LogP contribution in [-0.4, -0.2) is 42.2 Å². The third-order valence-electron chi connectivity index (χ3n) is 2.89. The summed E-state index contributed by atoms with van der Waals surface area (Å²) in [5.74, 6) is -0.840. The van der Waals surface area contributed by atoms with Gasteiger partial charge in [-0.2, -0.15) is 0 Å². The molecule has 18 heavy (non-hydrogen) atoms. The Morgan fingerprint density at radius 3 is 2.67 bits per heavy atom. The van der Waals surface area contributed by atoms with Crippen molar-refractivity contribution >= 4 is 17.3 Å². The van der Waals surface area contributed by atoms with Gasteiger partial charge in [0.2, 0.25) is 0 Å². The molecule has 4 nitrogen and oxygen atoms in total. The molecule has 2 N–H and O–H groups in total. The molecule has 0 aromatic carbocycles. The fraction of sp³-hybridized carbons (Fsp3) is 0.615. The van der Waals surface area contributed by atoms with E-state index in [1.165, 1.54) is 11.3 Å². The van der Waals surface area contributed by atoms with E-state index in [4.69, 9.17) is 5.11 Å². The van der Waals surface area contributed by atoms with Crippen LogP contribution in [0.4, 0.5) is 0 Å². The lowest BCUT2D eigenvalue weighted by atomic mass is 10.3. The third kappa shape index (κ3) is 5.16. The summed E-state index contributed by atoms with van der Waals surface area (Å²) < 4.78 is 0. The molecule has 0 aliphatic rings. The number of rotatable bonds is 9. The number of thiophene rings is 1. The van der Waals surface area contributed by atoms with Gasteiger partial charge in [-0.3, -0.25) is 0 Å². The van der Waals surface area contributed by atoms with E-state index in [0.717, 1.165) is 44.0 Å². The second-order valence-corrected chi connectivity index (χ2v) is 5.30. The monoisotopic (exact) mass is 270 g/mol. The maximum Gasteiger partial charge on any atom is 0.345 e. The average Bonchev–Trinajstić information content (AvgIpc) is 2.83. The molecule has 0 aliphatic carbocycles. The van der Waals surface area contributed by atoms with Gasteiger partial charge >= 0.3 is 5.97 Å². The first-order chi connectivity index (χ1) is 8.67. The SMILES string of the molecule is CCN(CC)CCCNCc1ccc(C(=O)O)s1. The minimum absolute atomic E-state index is 0.412. The first-order valence-corrected chi connectivity index (χ1v) is 7.24. The van der Waals surface area contributed by atoms with E-state index < -0.39 is 5.97 Å². The van der Waals surface area contributed by atoms with Gasteiger partial charge < -0.3 is 15.3 Å². The minimum atomic E-state index is -0.840. The standard InChI is InChI=1S/C13H22N2O2S/c1-3-15(4-2)9-5-8-14-10-11-6-7-12(18-11)13(16)17/h6-7,14H,3-5,8-10H2,1-2H3,(H,16,17). The van der Waals surface area contributed by atoms with Crippen molar-refractivity contribution < 1.29 is 9.90 Å². The van der Waals surface area contributed by atoms with Crippen molar-refractivity contribution in [2.75, 3.05) is 26.2 Å². The van der Waals surface area contributed by atoms with Gasteiger partial charge in [0, 0.05) is 11.4 Å². The highest BCUT2D eigenvalue weighted by atomic mass is 32.1. The van der Waals surface area contributed by atoms with Crippen LogP contribution in [0.2, 0.25) is 0 Å². The molecule has 0 fully saturated rings. The smallest absolute Gasteiger partial charge is 0.345 e. The summed E-state index contributed by atoms with van der Waals surface area (Å²) >= 11 is 1.34. The van der Waals surface area contributed by atoms with Gasteiger partial charge in [-0.1, -0.05) is 13.8 Å². The van der Waals surface area contributed by atoms with Crippen LogP contribution >= 0.6 is 11.3 Å². The Hall–Kier alpha value is -0.910. The van der Waals surface area contributed by atoms with Gasteiger partial charge in [-0.25, -0.2) is 4.79 Å². The molecular weight excluding hydrogens is 248 g/mol. The van der Waals surface area contributed by atoms with E-state index in [0.29, 0.717) is 4.88 Å². The van der Waals surface area contributed by atoms with Gasteiger partial charge in [-0.05, 0) is 44.7 Å². The predicted octanol–water partition coefficient (Wildman–Crippen LogP) is 2.27. The molecule has 1 heterocycles. The van der Waals surface area contributed by atoms with Gasteiger partial charge in [0.1, 0.15) is 4.88 Å². The Bertz CT molecular complexity index is 362. The number of hydrogen-bond acceptors (Lipinski definition) is 4. The van der Waals surface area contributed by atoms with Crippen LogP contribution in [-0.2, 0) is 6.54 Å². The zero-order chi connectivity index (χ0) is 13.4. The first kappa shape index (κ1) is 15.1. The Morgan fingerprint density at radius 1 is 1.39 bits per heavy atom. The van der Waals surface area contributed by atoms with Crippen LogP contribution in [0.25, 0.3) is 0 Å². The van der Waals surface area contributed by atoms with Crippen molar-refractivity contribution in [3.8, 4) is 0 Å². The lowest BCUT2D eigenvalue weighted by molar-refractivity contribution is 0.0702. The van der Waals surface area contributed by atoms with Gasteiger partial charge in [-0.15, -0.1) is 11.3 Å². The van der Waals surface area contributed by atoms with E-state index in [1.807, 2.05) is 6.07 Å². The maximum absolute atomic E-state index is 10.7. The van der Waals surface area contributed by atoms with Crippen molar-refractivity contribution in [1.82, 2.24) is 10.2 Å². The minimum Gasteiger partial charge on any atom is -0.477 e. The Labute approximate surface area is 113 Å². The second kappa shape index (κ2) is 8.24. The Kier molecular flexibility index (Phi) is 6.93. The summed E-state index contributed by atoms with van der Waals surface area (Å²) in [5, 5.41) is 12.2. The zero-order valence-corrected chi connectivity index (χ0v) is 11.9. The molecule has 0 spiro atoms. The second-order valence-electron chi connectivity index (χ2n) is 4.13. The molecule has 0 amide bonds. The predicted molar refractivity (Wildman–Crippen MR) is 75.4 cm³/mol. The molecule has 0 unspecified atom stereocenters. The van der Waals surface area contributed by atoms with Crippen molar-refractivity contribution in [2.45, 2.75) is 26.8 Å². The summed E-state index contributed by atoms with van der Waals surface area (Å²) in [6.45, 7) is 9.40. The summed E-state index contributed by atoms with van der Waals surface area (Å²) in [6, 6.07) is 3.55. The lowest BCUT2D eigenvalue weighted by Gasteiger charge is -2.17. The highest BCUT2D eigenvalue weighted by Crippen LogP contribution is 2.15. The highest BCUT2D eigenvalue weighted by Gasteiger charge is 2.06. The zero-order valence-electron chi connectivity index (χ0n) is 11.1. The summed E-state index contributed by atoms with van der Waals surface area (Å²) in [5.41, 5.74) is 0. The summed E-state index contributed by atoms with van der Waals surface area (Å²) in [6.07, 6.45) is 1.12. The maximum atomic E-state index is 10.7. The van der Waals surface area contributed by atoms with Crippen LogP contribution in [0, 0.1) is 0 Å². The van der Waals surface area contributed by atoms with E-state index in [2.05, 4.69) is 24.1 Å². The molecule has 102 valence electrons. The van der Waals surface area contributed by atoms with Crippen molar-refractivity contribution in [2.24, 2.45) is 0 Å². The molecule has 1 aromatic heterocycles. The van der Waals surface area contributed by atoms with Crippen LogP contribution in [0.3, 0.4) is 0 Å². The lowest BCUT2D eigenvalue weighted by Crippen LogP contribution is -2.27. The molecule has 0 bridgehead atoms. The van der Waals surface area contributed by atoms with Crippen LogP contribution in [0.1, 0.15) is 34.8 Å². The molecule has 1 aromatic rings. The number of nitrogens with one attached hydrogen (secondary N) is 1. The van der Waals surface area contributed by atoms with Crippen molar-refractivity contribution in [3.05, 3.63) is 21.9 Å². The quantitative estimate of drug-likeness (QED) is 0.676. The molecular formula is C13H22N2O2S. The normalized spacial score (nSPS) is 11.1. The molecule has 0 saturated heterocycles. The Morgan fingerprint density at radius 2 is 2.11 bits per heavy atom. The molecule has 0 aliphatic heterocycles. The van der Waals surface area contributed by atoms with E-state index >= 15 is 0 Å². The topological polar surface area (TPSA) is 52.6 Å². The average molecular weight is 270 g/mol. The van der Waals surface area contributed by atoms with Gasteiger partial charge in [0.15, 0.2) is 0 Å². The van der Waals surface area contributed by atoms with Crippen LogP contribution < -0.4 is 5.32 Å². The van der Waals surface area contributed by atoms with E-state index in [9.17, 15) is 4.79 Å². The fourth-order valence-corrected chi connectivity index (χ4v) is 2.58.